The van der Waals surface area contributed by atoms with E-state index < -0.39 is 0 Å². The van der Waals surface area contributed by atoms with Crippen LogP contribution >= 0.6 is 23.1 Å². The monoisotopic (exact) mass is 326 g/mol. The minimum atomic E-state index is 0.119. The van der Waals surface area contributed by atoms with E-state index in [2.05, 4.69) is 41.8 Å². The van der Waals surface area contributed by atoms with Gasteiger partial charge in [-0.1, -0.05) is 20.8 Å². The number of hydrogen-bond donors (Lipinski definition) is 2. The van der Waals surface area contributed by atoms with Crippen LogP contribution in [-0.4, -0.2) is 35.5 Å². The number of thioether (sulfide) groups is 1. The largest absolute Gasteiger partial charge is 0.353 e. The number of aliphatic imine (C=N–C) groups is 1. The first-order valence-corrected chi connectivity index (χ1v) is 9.52. The van der Waals surface area contributed by atoms with E-state index in [1.54, 1.807) is 11.3 Å². The smallest absolute Gasteiger partial charge is 0.191 e. The van der Waals surface area contributed by atoms with Crippen LogP contribution in [0.1, 0.15) is 44.3 Å². The van der Waals surface area contributed by atoms with E-state index in [1.807, 2.05) is 18.8 Å². The van der Waals surface area contributed by atoms with Gasteiger partial charge in [0.2, 0.25) is 0 Å². The number of guanidine groups is 1. The quantitative estimate of drug-likeness (QED) is 0.662. The molecule has 0 saturated carbocycles. The third kappa shape index (κ3) is 5.18. The standard InChI is InChI=1S/C15H26N4S2/c1-15(2,3)12-10-21-13(19-12)8-17-14(16-4)18-11-6-5-7-20-9-11/h10-11H,5-9H2,1-4H3,(H2,16,17,18). The van der Waals surface area contributed by atoms with Crippen molar-refractivity contribution in [2.45, 2.75) is 51.6 Å². The van der Waals surface area contributed by atoms with Crippen molar-refractivity contribution in [2.24, 2.45) is 4.99 Å². The van der Waals surface area contributed by atoms with Crippen LogP contribution in [0.4, 0.5) is 0 Å². The lowest BCUT2D eigenvalue weighted by Gasteiger charge is -2.24. The molecule has 0 aliphatic carbocycles. The van der Waals surface area contributed by atoms with E-state index >= 15 is 0 Å². The van der Waals surface area contributed by atoms with Gasteiger partial charge in [0.15, 0.2) is 5.96 Å². The average molecular weight is 327 g/mol. The van der Waals surface area contributed by atoms with Crippen molar-refractivity contribution >= 4 is 29.1 Å². The predicted octanol–water partition coefficient (Wildman–Crippen LogP) is 3.00. The average Bonchev–Trinajstić information content (AvgIpc) is 2.93. The minimum Gasteiger partial charge on any atom is -0.353 e. The number of rotatable bonds is 3. The second-order valence-electron chi connectivity index (χ2n) is 6.36. The molecule has 6 heteroatoms. The summed E-state index contributed by atoms with van der Waals surface area (Å²) in [6, 6.07) is 0.538. The van der Waals surface area contributed by atoms with Crippen LogP contribution in [-0.2, 0) is 12.0 Å². The third-order valence-corrected chi connectivity index (χ3v) is 5.52. The zero-order valence-corrected chi connectivity index (χ0v) is 15.0. The van der Waals surface area contributed by atoms with Crippen LogP contribution in [0.3, 0.4) is 0 Å². The molecule has 1 aliphatic rings. The fraction of sp³-hybridized carbons (Fsp3) is 0.733. The van der Waals surface area contributed by atoms with Crippen LogP contribution in [0.5, 0.6) is 0 Å². The highest BCUT2D eigenvalue weighted by atomic mass is 32.2. The van der Waals surface area contributed by atoms with Crippen LogP contribution in [0, 0.1) is 0 Å². The molecular formula is C15H26N4S2. The molecule has 1 aromatic rings. The molecule has 0 amide bonds. The first-order valence-electron chi connectivity index (χ1n) is 7.49. The maximum Gasteiger partial charge on any atom is 0.191 e. The molecule has 2 heterocycles. The molecule has 0 bridgehead atoms. The Morgan fingerprint density at radius 2 is 2.29 bits per heavy atom. The van der Waals surface area contributed by atoms with E-state index in [9.17, 15) is 0 Å². The van der Waals surface area contributed by atoms with E-state index in [0.29, 0.717) is 6.04 Å². The number of aromatic nitrogens is 1. The first-order chi connectivity index (χ1) is 9.99. The Hall–Kier alpha value is -0.750. The maximum atomic E-state index is 4.70. The Bertz CT molecular complexity index is 470. The zero-order valence-electron chi connectivity index (χ0n) is 13.4. The summed E-state index contributed by atoms with van der Waals surface area (Å²) in [7, 11) is 1.83. The Kier molecular flexibility index (Phi) is 5.93. The van der Waals surface area contributed by atoms with Crippen LogP contribution in [0.25, 0.3) is 0 Å². The van der Waals surface area contributed by atoms with Crippen LogP contribution in [0.2, 0.25) is 0 Å². The highest BCUT2D eigenvalue weighted by molar-refractivity contribution is 7.99. The topological polar surface area (TPSA) is 49.3 Å². The summed E-state index contributed by atoms with van der Waals surface area (Å²) >= 11 is 3.73. The van der Waals surface area contributed by atoms with Crippen LogP contribution < -0.4 is 10.6 Å². The maximum absolute atomic E-state index is 4.70. The lowest BCUT2D eigenvalue weighted by molar-refractivity contribution is 0.568. The van der Waals surface area contributed by atoms with Crippen molar-refractivity contribution < 1.29 is 0 Å². The van der Waals surface area contributed by atoms with E-state index in [0.717, 1.165) is 23.2 Å². The summed E-state index contributed by atoms with van der Waals surface area (Å²) in [5.74, 6) is 3.35. The van der Waals surface area contributed by atoms with Gasteiger partial charge in [-0.05, 0) is 18.6 Å². The minimum absolute atomic E-state index is 0.119. The summed E-state index contributed by atoms with van der Waals surface area (Å²) in [5, 5.41) is 10.2. The van der Waals surface area contributed by atoms with Crippen molar-refractivity contribution in [3.05, 3.63) is 16.1 Å². The molecule has 1 fully saturated rings. The molecule has 1 aromatic heterocycles. The summed E-state index contributed by atoms with van der Waals surface area (Å²) in [4.78, 5) is 9.02. The fourth-order valence-corrected chi connectivity index (χ4v) is 4.17. The molecule has 1 saturated heterocycles. The lowest BCUT2D eigenvalue weighted by Crippen LogP contribution is -2.45. The predicted molar refractivity (Wildman–Crippen MR) is 94.5 cm³/mol. The SMILES string of the molecule is CN=C(NCc1nc(C(C)(C)C)cs1)NC1CCCSC1. The lowest BCUT2D eigenvalue weighted by atomic mass is 9.93. The van der Waals surface area contributed by atoms with Crippen molar-refractivity contribution in [1.82, 2.24) is 15.6 Å². The molecule has 4 nitrogen and oxygen atoms in total. The third-order valence-electron chi connectivity index (χ3n) is 3.45. The van der Waals surface area contributed by atoms with E-state index in [4.69, 9.17) is 4.98 Å². The Morgan fingerprint density at radius 3 is 2.86 bits per heavy atom. The molecule has 21 heavy (non-hydrogen) atoms. The summed E-state index contributed by atoms with van der Waals surface area (Å²) in [6.07, 6.45) is 2.53. The Labute approximate surface area is 136 Å². The summed E-state index contributed by atoms with van der Waals surface area (Å²) in [5.41, 5.74) is 1.28. The molecule has 0 aromatic carbocycles. The van der Waals surface area contributed by atoms with Crippen LogP contribution in [0.15, 0.2) is 10.4 Å². The summed E-state index contributed by atoms with van der Waals surface area (Å²) < 4.78 is 0. The summed E-state index contributed by atoms with van der Waals surface area (Å²) in [6.45, 7) is 7.32. The molecule has 2 N–H and O–H groups in total. The van der Waals surface area contributed by atoms with Gasteiger partial charge < -0.3 is 10.6 Å². The van der Waals surface area contributed by atoms with Gasteiger partial charge in [-0.15, -0.1) is 11.3 Å². The number of nitrogens with one attached hydrogen (secondary N) is 2. The molecule has 1 aliphatic heterocycles. The number of thiazole rings is 1. The second kappa shape index (κ2) is 7.49. The van der Waals surface area contributed by atoms with E-state index in [-0.39, 0.29) is 5.41 Å². The van der Waals surface area contributed by atoms with Crippen molar-refractivity contribution in [2.75, 3.05) is 18.6 Å². The molecular weight excluding hydrogens is 300 g/mol. The van der Waals surface area contributed by atoms with Gasteiger partial charge >= 0.3 is 0 Å². The van der Waals surface area contributed by atoms with Gasteiger partial charge in [0.25, 0.3) is 0 Å². The molecule has 1 unspecified atom stereocenters. The van der Waals surface area contributed by atoms with Crippen molar-refractivity contribution in [3.63, 3.8) is 0 Å². The van der Waals surface area contributed by atoms with Gasteiger partial charge in [0, 0.05) is 29.6 Å². The van der Waals surface area contributed by atoms with Gasteiger partial charge in [-0.3, -0.25) is 4.99 Å². The Morgan fingerprint density at radius 1 is 1.48 bits per heavy atom. The number of hydrogen-bond acceptors (Lipinski definition) is 4. The van der Waals surface area contributed by atoms with Crippen molar-refractivity contribution in [1.29, 1.82) is 0 Å². The Balaban J connectivity index is 1.84. The first kappa shape index (κ1) is 16.6. The fourth-order valence-electron chi connectivity index (χ4n) is 2.14. The van der Waals surface area contributed by atoms with Gasteiger partial charge in [0.05, 0.1) is 12.2 Å². The second-order valence-corrected chi connectivity index (χ2v) is 8.45. The highest BCUT2D eigenvalue weighted by Crippen LogP contribution is 2.23. The molecule has 1 atom stereocenters. The number of nitrogens with zero attached hydrogens (tertiary/aromatic N) is 2. The molecule has 2 rings (SSSR count). The van der Waals surface area contributed by atoms with E-state index in [1.165, 1.54) is 24.3 Å². The molecule has 118 valence electrons. The van der Waals surface area contributed by atoms with Gasteiger partial charge in [0.1, 0.15) is 5.01 Å². The van der Waals surface area contributed by atoms with Gasteiger partial charge in [-0.25, -0.2) is 4.98 Å². The van der Waals surface area contributed by atoms with Gasteiger partial charge in [-0.2, -0.15) is 11.8 Å². The normalized spacial score (nSPS) is 20.4. The highest BCUT2D eigenvalue weighted by Gasteiger charge is 2.18. The molecule has 0 radical (unpaired) electrons. The van der Waals surface area contributed by atoms with Crippen molar-refractivity contribution in [3.8, 4) is 0 Å². The zero-order chi connectivity index (χ0) is 15.3. The molecule has 0 spiro atoms.